The number of hydrogen-bond acceptors (Lipinski definition) is 5. The van der Waals surface area contributed by atoms with Crippen LogP contribution < -0.4 is 5.32 Å². The van der Waals surface area contributed by atoms with E-state index in [2.05, 4.69) is 21.5 Å². The van der Waals surface area contributed by atoms with E-state index in [1.54, 1.807) is 6.07 Å². The van der Waals surface area contributed by atoms with E-state index in [4.69, 9.17) is 11.6 Å². The molecule has 0 radical (unpaired) electrons. The van der Waals surface area contributed by atoms with Crippen LogP contribution in [0.3, 0.4) is 0 Å². The molecule has 1 N–H and O–H groups in total. The highest BCUT2D eigenvalue weighted by Crippen LogP contribution is 2.42. The summed E-state index contributed by atoms with van der Waals surface area (Å²) >= 11 is 9.40. The monoisotopic (exact) mass is 289 g/mol. The van der Waals surface area contributed by atoms with Crippen LogP contribution in [0.25, 0.3) is 0 Å². The molecule has 1 aliphatic carbocycles. The van der Waals surface area contributed by atoms with Gasteiger partial charge < -0.3 is 5.32 Å². The fourth-order valence-corrected chi connectivity index (χ4v) is 3.38. The van der Waals surface area contributed by atoms with Crippen molar-refractivity contribution in [3.8, 4) is 0 Å². The summed E-state index contributed by atoms with van der Waals surface area (Å²) in [6.07, 6.45) is 8.04. The van der Waals surface area contributed by atoms with Crippen LogP contribution >= 0.6 is 35.1 Å². The van der Waals surface area contributed by atoms with Crippen LogP contribution in [-0.2, 0) is 0 Å². The Labute approximate surface area is 116 Å². The van der Waals surface area contributed by atoms with Crippen LogP contribution in [0.15, 0.2) is 11.2 Å². The first kappa shape index (κ1) is 13.3. The number of nitrogens with one attached hydrogen (secondary N) is 1. The van der Waals surface area contributed by atoms with E-state index in [0.717, 1.165) is 12.4 Å². The summed E-state index contributed by atoms with van der Waals surface area (Å²) in [5, 5.41) is 4.60. The summed E-state index contributed by atoms with van der Waals surface area (Å²) in [6, 6.07) is 1.79. The van der Waals surface area contributed by atoms with Gasteiger partial charge in [0.15, 0.2) is 5.16 Å². The number of nitrogens with zero attached hydrogens (tertiary/aromatic N) is 2. The third-order valence-electron chi connectivity index (χ3n) is 3.15. The second kappa shape index (κ2) is 5.67. The van der Waals surface area contributed by atoms with Crippen molar-refractivity contribution in [1.29, 1.82) is 0 Å². The Balaban J connectivity index is 2.01. The smallest absolute Gasteiger partial charge is 0.190 e. The number of thioether (sulfide) groups is 2. The molecule has 6 heteroatoms. The topological polar surface area (TPSA) is 37.8 Å². The zero-order valence-electron chi connectivity index (χ0n) is 9.99. The fourth-order valence-electron chi connectivity index (χ4n) is 1.85. The average molecular weight is 290 g/mol. The maximum atomic E-state index is 5.95. The van der Waals surface area contributed by atoms with Crippen molar-refractivity contribution in [1.82, 2.24) is 9.97 Å². The SMILES string of the molecule is CSc1nc(Cl)cc(NCC2(SC)CCC2)n1. The van der Waals surface area contributed by atoms with E-state index in [9.17, 15) is 0 Å². The van der Waals surface area contributed by atoms with Gasteiger partial charge in [0.2, 0.25) is 0 Å². The van der Waals surface area contributed by atoms with Crippen LogP contribution in [0.2, 0.25) is 5.15 Å². The molecule has 1 aliphatic rings. The summed E-state index contributed by atoms with van der Waals surface area (Å²) in [6.45, 7) is 0.954. The van der Waals surface area contributed by atoms with E-state index in [-0.39, 0.29) is 0 Å². The normalized spacial score (nSPS) is 17.6. The first-order valence-electron chi connectivity index (χ1n) is 5.55. The van der Waals surface area contributed by atoms with Gasteiger partial charge in [0.1, 0.15) is 11.0 Å². The highest BCUT2D eigenvalue weighted by molar-refractivity contribution is 8.00. The van der Waals surface area contributed by atoms with E-state index in [0.29, 0.717) is 15.1 Å². The molecule has 94 valence electrons. The van der Waals surface area contributed by atoms with Gasteiger partial charge in [0.25, 0.3) is 0 Å². The minimum absolute atomic E-state index is 0.400. The van der Waals surface area contributed by atoms with Crippen LogP contribution in [0.5, 0.6) is 0 Å². The number of hydrogen-bond donors (Lipinski definition) is 1. The van der Waals surface area contributed by atoms with Crippen molar-refractivity contribution in [2.75, 3.05) is 24.4 Å². The number of rotatable bonds is 5. The summed E-state index contributed by atoms with van der Waals surface area (Å²) in [5.74, 6) is 0.828. The molecule has 1 aromatic rings. The second-order valence-electron chi connectivity index (χ2n) is 4.16. The molecule has 1 saturated carbocycles. The fraction of sp³-hybridized carbons (Fsp3) is 0.636. The van der Waals surface area contributed by atoms with Crippen LogP contribution in [0, 0.1) is 0 Å². The molecule has 0 aromatic carbocycles. The zero-order chi connectivity index (χ0) is 12.3. The van der Waals surface area contributed by atoms with Crippen molar-refractivity contribution in [3.63, 3.8) is 0 Å². The summed E-state index contributed by atoms with van der Waals surface area (Å²) < 4.78 is 0.400. The summed E-state index contributed by atoms with van der Waals surface area (Å²) in [4.78, 5) is 8.52. The molecule has 0 aliphatic heterocycles. The number of halogens is 1. The largest absolute Gasteiger partial charge is 0.368 e. The maximum Gasteiger partial charge on any atom is 0.190 e. The van der Waals surface area contributed by atoms with Gasteiger partial charge in [0, 0.05) is 17.4 Å². The zero-order valence-corrected chi connectivity index (χ0v) is 12.4. The molecule has 1 fully saturated rings. The van der Waals surface area contributed by atoms with E-state index in [1.165, 1.54) is 31.0 Å². The minimum atomic E-state index is 0.400. The molecule has 2 rings (SSSR count). The van der Waals surface area contributed by atoms with Crippen molar-refractivity contribution >= 4 is 40.9 Å². The lowest BCUT2D eigenvalue weighted by Crippen LogP contribution is -2.40. The Kier molecular flexibility index (Phi) is 4.44. The standard InChI is InChI=1S/C11H16ClN3S2/c1-16-10-14-8(12)6-9(15-10)13-7-11(17-2)4-3-5-11/h6H,3-5,7H2,1-2H3,(H,13,14,15). The first-order chi connectivity index (χ1) is 8.17. The van der Waals surface area contributed by atoms with Crippen molar-refractivity contribution in [2.24, 2.45) is 0 Å². The predicted octanol–water partition coefficient (Wildman–Crippen LogP) is 3.55. The Bertz CT molecular complexity index is 391. The van der Waals surface area contributed by atoms with Gasteiger partial charge in [-0.1, -0.05) is 29.8 Å². The molecule has 0 unspecified atom stereocenters. The minimum Gasteiger partial charge on any atom is -0.368 e. The van der Waals surface area contributed by atoms with Crippen molar-refractivity contribution in [3.05, 3.63) is 11.2 Å². The lowest BCUT2D eigenvalue weighted by molar-refractivity contribution is 0.379. The van der Waals surface area contributed by atoms with Gasteiger partial charge in [-0.2, -0.15) is 11.8 Å². The molecule has 0 saturated heterocycles. The Hall–Kier alpha value is -0.130. The van der Waals surface area contributed by atoms with E-state index < -0.39 is 0 Å². The molecule has 17 heavy (non-hydrogen) atoms. The maximum absolute atomic E-state index is 5.95. The average Bonchev–Trinajstić information content (AvgIpc) is 2.27. The van der Waals surface area contributed by atoms with Crippen LogP contribution in [0.4, 0.5) is 5.82 Å². The second-order valence-corrected chi connectivity index (χ2v) is 6.59. The molecule has 3 nitrogen and oxygen atoms in total. The van der Waals surface area contributed by atoms with Crippen molar-refractivity contribution in [2.45, 2.75) is 29.2 Å². The third-order valence-corrected chi connectivity index (χ3v) is 5.31. The quantitative estimate of drug-likeness (QED) is 0.510. The Morgan fingerprint density at radius 1 is 1.41 bits per heavy atom. The highest BCUT2D eigenvalue weighted by Gasteiger charge is 2.35. The predicted molar refractivity (Wildman–Crippen MR) is 77.4 cm³/mol. The molecule has 0 amide bonds. The molecule has 0 bridgehead atoms. The van der Waals surface area contributed by atoms with Gasteiger partial charge >= 0.3 is 0 Å². The molecule has 1 heterocycles. The van der Waals surface area contributed by atoms with Crippen LogP contribution in [-0.4, -0.2) is 33.8 Å². The van der Waals surface area contributed by atoms with Gasteiger partial charge in [0.05, 0.1) is 0 Å². The first-order valence-corrected chi connectivity index (χ1v) is 8.38. The lowest BCUT2D eigenvalue weighted by Gasteiger charge is -2.40. The Morgan fingerprint density at radius 3 is 2.71 bits per heavy atom. The van der Waals surface area contributed by atoms with Gasteiger partial charge in [-0.15, -0.1) is 0 Å². The number of anilines is 1. The van der Waals surface area contributed by atoms with Crippen LogP contribution in [0.1, 0.15) is 19.3 Å². The molecule has 0 atom stereocenters. The van der Waals surface area contributed by atoms with E-state index in [1.807, 2.05) is 18.0 Å². The Morgan fingerprint density at radius 2 is 2.18 bits per heavy atom. The highest BCUT2D eigenvalue weighted by atomic mass is 35.5. The number of aromatic nitrogens is 2. The summed E-state index contributed by atoms with van der Waals surface area (Å²) in [5.41, 5.74) is 0. The van der Waals surface area contributed by atoms with Gasteiger partial charge in [-0.25, -0.2) is 9.97 Å². The summed E-state index contributed by atoms with van der Waals surface area (Å²) in [7, 11) is 0. The van der Waals surface area contributed by atoms with Crippen molar-refractivity contribution < 1.29 is 0 Å². The molecular formula is C11H16ClN3S2. The lowest BCUT2D eigenvalue weighted by atomic mass is 9.84. The van der Waals surface area contributed by atoms with Gasteiger partial charge in [-0.05, 0) is 25.4 Å². The van der Waals surface area contributed by atoms with E-state index >= 15 is 0 Å². The third kappa shape index (κ3) is 3.20. The molecule has 0 spiro atoms. The molecular weight excluding hydrogens is 274 g/mol. The molecule has 1 aromatic heterocycles. The van der Waals surface area contributed by atoms with Gasteiger partial charge in [-0.3, -0.25) is 0 Å².